The van der Waals surface area contributed by atoms with E-state index in [0.29, 0.717) is 31.6 Å². The maximum atomic E-state index is 13.1. The summed E-state index contributed by atoms with van der Waals surface area (Å²) in [5.41, 5.74) is 5.15. The molecule has 0 saturated carbocycles. The van der Waals surface area contributed by atoms with Crippen LogP contribution in [0.3, 0.4) is 0 Å². The summed E-state index contributed by atoms with van der Waals surface area (Å²) in [5.74, 6) is 0.486. The molecule has 3 aromatic carbocycles. The summed E-state index contributed by atoms with van der Waals surface area (Å²) in [6.45, 7) is 3.20. The first kappa shape index (κ1) is 24.0. The van der Waals surface area contributed by atoms with Crippen molar-refractivity contribution in [3.05, 3.63) is 100 Å². The molecule has 0 fully saturated rings. The van der Waals surface area contributed by atoms with Gasteiger partial charge in [0, 0.05) is 25.1 Å². The van der Waals surface area contributed by atoms with Gasteiger partial charge in [-0.3, -0.25) is 4.79 Å². The number of carbonyl (C=O) groups is 1. The molecule has 0 spiro atoms. The van der Waals surface area contributed by atoms with Crippen LogP contribution in [0.5, 0.6) is 5.75 Å². The highest BCUT2D eigenvalue weighted by Gasteiger charge is 2.13. The molecular weight excluding hydrogens is 427 g/mol. The molecule has 0 unspecified atom stereocenters. The molecule has 2 bridgehead atoms. The SMILES string of the molecule is CN1CCCCCOc2ccc(C(=O)NCCc3ccc(F)cc3)cc2Cc2cccc(c2)C1. The summed E-state index contributed by atoms with van der Waals surface area (Å²) in [7, 11) is 2.17. The molecule has 1 N–H and O–H groups in total. The van der Waals surface area contributed by atoms with Crippen LogP contribution >= 0.6 is 0 Å². The molecule has 5 heteroatoms. The molecule has 4 rings (SSSR count). The largest absolute Gasteiger partial charge is 0.493 e. The summed E-state index contributed by atoms with van der Waals surface area (Å²) >= 11 is 0. The second kappa shape index (κ2) is 11.8. The summed E-state index contributed by atoms with van der Waals surface area (Å²) in [6, 6.07) is 20.8. The lowest BCUT2D eigenvalue weighted by Gasteiger charge is -2.19. The zero-order chi connectivity index (χ0) is 23.8. The fraction of sp³-hybridized carbons (Fsp3) is 0.345. The molecule has 3 aromatic rings. The van der Waals surface area contributed by atoms with E-state index in [9.17, 15) is 9.18 Å². The minimum absolute atomic E-state index is 0.111. The minimum Gasteiger partial charge on any atom is -0.493 e. The van der Waals surface area contributed by atoms with Crippen molar-refractivity contribution in [3.8, 4) is 5.75 Å². The normalized spacial score (nSPS) is 15.0. The number of amides is 1. The van der Waals surface area contributed by atoms with Crippen LogP contribution in [0.2, 0.25) is 0 Å². The van der Waals surface area contributed by atoms with Crippen LogP contribution in [0.4, 0.5) is 4.39 Å². The Bertz CT molecular complexity index is 1100. The fourth-order valence-corrected chi connectivity index (χ4v) is 4.36. The van der Waals surface area contributed by atoms with Crippen LogP contribution in [0.25, 0.3) is 0 Å². The molecule has 0 atom stereocenters. The van der Waals surface area contributed by atoms with Crippen LogP contribution in [-0.2, 0) is 19.4 Å². The molecule has 0 aliphatic carbocycles. The van der Waals surface area contributed by atoms with Gasteiger partial charge in [0.1, 0.15) is 11.6 Å². The number of halogens is 1. The Kier molecular flexibility index (Phi) is 8.31. The number of hydrogen-bond donors (Lipinski definition) is 1. The second-order valence-electron chi connectivity index (χ2n) is 9.10. The lowest BCUT2D eigenvalue weighted by atomic mass is 9.99. The van der Waals surface area contributed by atoms with Crippen LogP contribution in [0.15, 0.2) is 66.7 Å². The molecule has 34 heavy (non-hydrogen) atoms. The maximum Gasteiger partial charge on any atom is 0.251 e. The lowest BCUT2D eigenvalue weighted by Crippen LogP contribution is -2.25. The van der Waals surface area contributed by atoms with Crippen molar-refractivity contribution in [1.82, 2.24) is 10.2 Å². The highest BCUT2D eigenvalue weighted by atomic mass is 19.1. The van der Waals surface area contributed by atoms with Crippen molar-refractivity contribution in [2.75, 3.05) is 26.7 Å². The van der Waals surface area contributed by atoms with Crippen molar-refractivity contribution in [2.45, 2.75) is 38.6 Å². The van der Waals surface area contributed by atoms with Gasteiger partial charge in [0.25, 0.3) is 5.91 Å². The second-order valence-corrected chi connectivity index (χ2v) is 9.10. The van der Waals surface area contributed by atoms with Gasteiger partial charge < -0.3 is 15.0 Å². The molecule has 1 heterocycles. The van der Waals surface area contributed by atoms with Crippen molar-refractivity contribution in [1.29, 1.82) is 0 Å². The monoisotopic (exact) mass is 460 g/mol. The summed E-state index contributed by atoms with van der Waals surface area (Å²) in [4.78, 5) is 15.2. The number of fused-ring (bicyclic) bond motifs is 3. The maximum absolute atomic E-state index is 13.1. The van der Waals surface area contributed by atoms with Crippen molar-refractivity contribution in [3.63, 3.8) is 0 Å². The molecule has 178 valence electrons. The first-order valence-corrected chi connectivity index (χ1v) is 12.1. The highest BCUT2D eigenvalue weighted by molar-refractivity contribution is 5.94. The Labute approximate surface area is 201 Å². The van der Waals surface area contributed by atoms with E-state index in [-0.39, 0.29) is 11.7 Å². The number of hydrogen-bond acceptors (Lipinski definition) is 3. The molecule has 4 nitrogen and oxygen atoms in total. The zero-order valence-corrected chi connectivity index (χ0v) is 19.9. The van der Waals surface area contributed by atoms with E-state index in [2.05, 4.69) is 41.5 Å². The molecule has 0 radical (unpaired) electrons. The van der Waals surface area contributed by atoms with Gasteiger partial charge in [0.15, 0.2) is 0 Å². The predicted octanol–water partition coefficient (Wildman–Crippen LogP) is 5.38. The number of nitrogens with zero attached hydrogens (tertiary/aromatic N) is 1. The molecule has 0 aromatic heterocycles. The number of carbonyl (C=O) groups excluding carboxylic acids is 1. The fourth-order valence-electron chi connectivity index (χ4n) is 4.36. The number of benzene rings is 3. The van der Waals surface area contributed by atoms with Crippen molar-refractivity contribution < 1.29 is 13.9 Å². The number of nitrogens with one attached hydrogen (secondary N) is 1. The van der Waals surface area contributed by atoms with E-state index in [1.54, 1.807) is 12.1 Å². The number of ether oxygens (including phenoxy) is 1. The standard InChI is InChI=1S/C29H33FN2O2/c1-32-16-3-2-4-17-34-28-13-10-25(20-26(28)19-23-6-5-7-24(18-23)21-32)29(33)31-15-14-22-8-11-27(30)12-9-22/h5-13,18,20H,2-4,14-17,19,21H2,1H3,(H,31,33). The van der Waals surface area contributed by atoms with E-state index in [0.717, 1.165) is 49.2 Å². The highest BCUT2D eigenvalue weighted by Crippen LogP contribution is 2.25. The third-order valence-electron chi connectivity index (χ3n) is 6.22. The molecule has 1 amide bonds. The van der Waals surface area contributed by atoms with Gasteiger partial charge >= 0.3 is 0 Å². The lowest BCUT2D eigenvalue weighted by molar-refractivity contribution is 0.0954. The van der Waals surface area contributed by atoms with Crippen molar-refractivity contribution in [2.24, 2.45) is 0 Å². The summed E-state index contributed by atoms with van der Waals surface area (Å²) < 4.78 is 19.2. The Hall–Kier alpha value is -3.18. The summed E-state index contributed by atoms with van der Waals surface area (Å²) in [5, 5.41) is 2.98. The van der Waals surface area contributed by atoms with Gasteiger partial charge in [-0.05, 0) is 91.9 Å². The first-order chi connectivity index (χ1) is 16.6. The molecular formula is C29H33FN2O2. The van der Waals surface area contributed by atoms with Gasteiger partial charge in [0.05, 0.1) is 6.61 Å². The topological polar surface area (TPSA) is 41.6 Å². The Morgan fingerprint density at radius 1 is 1.00 bits per heavy atom. The van der Waals surface area contributed by atoms with E-state index in [1.165, 1.54) is 23.3 Å². The van der Waals surface area contributed by atoms with Crippen LogP contribution in [0, 0.1) is 5.82 Å². The Morgan fingerprint density at radius 3 is 2.68 bits per heavy atom. The zero-order valence-electron chi connectivity index (χ0n) is 19.9. The molecule has 1 aliphatic rings. The smallest absolute Gasteiger partial charge is 0.251 e. The van der Waals surface area contributed by atoms with E-state index in [4.69, 9.17) is 4.74 Å². The average molecular weight is 461 g/mol. The number of rotatable bonds is 4. The van der Waals surface area contributed by atoms with Gasteiger partial charge in [-0.25, -0.2) is 4.39 Å². The van der Waals surface area contributed by atoms with Crippen LogP contribution in [-0.4, -0.2) is 37.6 Å². The predicted molar refractivity (Wildman–Crippen MR) is 134 cm³/mol. The quantitative estimate of drug-likeness (QED) is 0.568. The molecule has 1 aliphatic heterocycles. The van der Waals surface area contributed by atoms with E-state index >= 15 is 0 Å². The van der Waals surface area contributed by atoms with Gasteiger partial charge in [0.2, 0.25) is 0 Å². The van der Waals surface area contributed by atoms with E-state index in [1.807, 2.05) is 18.2 Å². The average Bonchev–Trinajstić information content (AvgIpc) is 2.83. The summed E-state index contributed by atoms with van der Waals surface area (Å²) in [6.07, 6.45) is 4.67. The Balaban J connectivity index is 1.48. The Morgan fingerprint density at radius 2 is 1.82 bits per heavy atom. The third kappa shape index (κ3) is 6.91. The third-order valence-corrected chi connectivity index (χ3v) is 6.22. The first-order valence-electron chi connectivity index (χ1n) is 12.1. The van der Waals surface area contributed by atoms with Crippen LogP contribution < -0.4 is 10.1 Å². The van der Waals surface area contributed by atoms with E-state index < -0.39 is 0 Å². The van der Waals surface area contributed by atoms with Crippen LogP contribution in [0.1, 0.15) is 51.9 Å². The minimum atomic E-state index is -0.252. The van der Waals surface area contributed by atoms with Crippen molar-refractivity contribution >= 4 is 5.91 Å². The van der Waals surface area contributed by atoms with Gasteiger partial charge in [-0.2, -0.15) is 0 Å². The van der Waals surface area contributed by atoms with Gasteiger partial charge in [-0.1, -0.05) is 36.4 Å². The molecule has 0 saturated heterocycles. The van der Waals surface area contributed by atoms with Gasteiger partial charge in [-0.15, -0.1) is 0 Å².